The van der Waals surface area contributed by atoms with E-state index in [1.54, 1.807) is 24.3 Å². The number of halogens is 1. The number of benzene rings is 3. The van der Waals surface area contributed by atoms with Crippen LogP contribution in [-0.4, -0.2) is 36.0 Å². The van der Waals surface area contributed by atoms with Crippen molar-refractivity contribution >= 4 is 34.9 Å². The molecule has 3 N–H and O–H groups in total. The predicted octanol–water partition coefficient (Wildman–Crippen LogP) is 5.38. The van der Waals surface area contributed by atoms with Crippen LogP contribution in [0.25, 0.3) is 0 Å². The van der Waals surface area contributed by atoms with Crippen LogP contribution in [-0.2, 0) is 6.54 Å². The maximum atomic E-state index is 12.4. The third kappa shape index (κ3) is 6.81. The van der Waals surface area contributed by atoms with E-state index >= 15 is 0 Å². The van der Waals surface area contributed by atoms with Gasteiger partial charge in [-0.15, -0.1) is 0 Å². The topological polar surface area (TPSA) is 73.5 Å². The number of hydrogen-bond acceptors (Lipinski definition) is 3. The lowest BCUT2D eigenvalue weighted by atomic mass is 10.0. The van der Waals surface area contributed by atoms with Gasteiger partial charge >= 0.3 is 6.03 Å². The molecule has 0 radical (unpaired) electrons. The van der Waals surface area contributed by atoms with Gasteiger partial charge < -0.3 is 16.0 Å². The van der Waals surface area contributed by atoms with E-state index in [0.717, 1.165) is 43.2 Å². The monoisotopic (exact) mass is 462 g/mol. The second-order valence-electron chi connectivity index (χ2n) is 8.17. The molecule has 1 saturated heterocycles. The first-order valence-electron chi connectivity index (χ1n) is 11.1. The minimum Gasteiger partial charge on any atom is -0.335 e. The number of carbonyl (C=O) groups excluding carboxylic acids is 2. The molecule has 3 amide bonds. The molecule has 0 spiro atoms. The summed E-state index contributed by atoms with van der Waals surface area (Å²) < 4.78 is 0. The number of anilines is 2. The Kier molecular flexibility index (Phi) is 7.60. The summed E-state index contributed by atoms with van der Waals surface area (Å²) >= 11 is 5.95. The number of nitrogens with one attached hydrogen (secondary N) is 3. The molecule has 170 valence electrons. The maximum absolute atomic E-state index is 12.4. The summed E-state index contributed by atoms with van der Waals surface area (Å²) in [5, 5.41) is 9.50. The molecule has 1 fully saturated rings. The van der Waals surface area contributed by atoms with Gasteiger partial charge in [-0.3, -0.25) is 9.69 Å². The molecule has 7 heteroatoms. The van der Waals surface area contributed by atoms with E-state index in [2.05, 4.69) is 33.0 Å². The molecule has 0 unspecified atom stereocenters. The number of amides is 3. The molecule has 6 nitrogen and oxygen atoms in total. The largest absolute Gasteiger partial charge is 0.335 e. The second kappa shape index (κ2) is 11.0. The first kappa shape index (κ1) is 22.8. The Hall–Kier alpha value is -3.35. The van der Waals surface area contributed by atoms with Crippen molar-refractivity contribution in [1.82, 2.24) is 10.2 Å². The average Bonchev–Trinajstić information content (AvgIpc) is 2.83. The smallest absolute Gasteiger partial charge is 0.319 e. The Bertz CT molecular complexity index is 1060. The molecule has 0 aliphatic carbocycles. The Morgan fingerprint density at radius 3 is 2.12 bits per heavy atom. The molecular formula is C26H27ClN4O2. The number of piperidine rings is 1. The first-order chi connectivity index (χ1) is 16.0. The molecule has 0 aromatic heterocycles. The Labute approximate surface area is 198 Å². The minimum atomic E-state index is -0.229. The molecule has 1 aliphatic rings. The van der Waals surface area contributed by atoms with Crippen LogP contribution in [0, 0.1) is 0 Å². The molecule has 0 saturated carbocycles. The summed E-state index contributed by atoms with van der Waals surface area (Å²) in [6, 6.07) is 24.0. The van der Waals surface area contributed by atoms with Gasteiger partial charge in [0.05, 0.1) is 0 Å². The van der Waals surface area contributed by atoms with Crippen LogP contribution >= 0.6 is 11.6 Å². The lowest BCUT2D eigenvalue weighted by Gasteiger charge is -2.32. The predicted molar refractivity (Wildman–Crippen MR) is 133 cm³/mol. The number of rotatable bonds is 6. The third-order valence-electron chi connectivity index (χ3n) is 5.68. The quantitative estimate of drug-likeness (QED) is 0.460. The van der Waals surface area contributed by atoms with Crippen molar-refractivity contribution in [2.24, 2.45) is 0 Å². The van der Waals surface area contributed by atoms with Crippen LogP contribution in [0.2, 0.25) is 5.02 Å². The normalized spacial score (nSPS) is 14.5. The maximum Gasteiger partial charge on any atom is 0.319 e. The summed E-state index contributed by atoms with van der Waals surface area (Å²) in [5.41, 5.74) is 3.15. The van der Waals surface area contributed by atoms with Gasteiger partial charge in [0.25, 0.3) is 5.91 Å². The van der Waals surface area contributed by atoms with Gasteiger partial charge in [0, 0.05) is 47.6 Å². The highest BCUT2D eigenvalue weighted by Gasteiger charge is 2.20. The van der Waals surface area contributed by atoms with E-state index in [0.29, 0.717) is 11.3 Å². The molecule has 3 aromatic carbocycles. The average molecular weight is 463 g/mol. The Balaban J connectivity index is 1.20. The zero-order valence-electron chi connectivity index (χ0n) is 18.3. The molecular weight excluding hydrogens is 436 g/mol. The van der Waals surface area contributed by atoms with E-state index in [1.165, 1.54) is 5.56 Å². The first-order valence-corrected chi connectivity index (χ1v) is 11.4. The number of para-hydroxylation sites is 1. The van der Waals surface area contributed by atoms with Crippen LogP contribution < -0.4 is 16.0 Å². The van der Waals surface area contributed by atoms with Crippen molar-refractivity contribution in [1.29, 1.82) is 0 Å². The lowest BCUT2D eigenvalue weighted by Crippen LogP contribution is -2.45. The third-order valence-corrected chi connectivity index (χ3v) is 5.93. The lowest BCUT2D eigenvalue weighted by molar-refractivity contribution is 0.102. The van der Waals surface area contributed by atoms with E-state index in [4.69, 9.17) is 11.6 Å². The summed E-state index contributed by atoms with van der Waals surface area (Å²) in [7, 11) is 0. The molecule has 33 heavy (non-hydrogen) atoms. The summed E-state index contributed by atoms with van der Waals surface area (Å²) in [5.74, 6) is -0.192. The number of carbonyl (C=O) groups is 2. The summed E-state index contributed by atoms with van der Waals surface area (Å²) in [6.07, 6.45) is 1.80. The SMILES string of the molecule is O=C(Nc1ccc(C(=O)Nc2ccccc2)cc1)NC1CCN(Cc2ccc(Cl)cc2)CC1. The molecule has 0 bridgehead atoms. The number of likely N-dealkylation sites (tertiary alicyclic amines) is 1. The van der Waals surface area contributed by atoms with Crippen molar-refractivity contribution in [3.8, 4) is 0 Å². The Morgan fingerprint density at radius 1 is 0.818 bits per heavy atom. The van der Waals surface area contributed by atoms with Gasteiger partial charge in [0.2, 0.25) is 0 Å². The van der Waals surface area contributed by atoms with Crippen LogP contribution in [0.1, 0.15) is 28.8 Å². The van der Waals surface area contributed by atoms with Gasteiger partial charge in [0.1, 0.15) is 0 Å². The molecule has 1 heterocycles. The number of nitrogens with zero attached hydrogens (tertiary/aromatic N) is 1. The molecule has 1 aliphatic heterocycles. The van der Waals surface area contributed by atoms with E-state index in [-0.39, 0.29) is 18.0 Å². The van der Waals surface area contributed by atoms with Gasteiger partial charge in [-0.2, -0.15) is 0 Å². The molecule has 4 rings (SSSR count). The fraction of sp³-hybridized carbons (Fsp3) is 0.231. The van der Waals surface area contributed by atoms with Gasteiger partial charge in [-0.05, 0) is 66.9 Å². The zero-order valence-corrected chi connectivity index (χ0v) is 19.0. The molecule has 3 aromatic rings. The fourth-order valence-corrected chi connectivity index (χ4v) is 3.99. The van der Waals surface area contributed by atoms with Crippen molar-refractivity contribution in [3.63, 3.8) is 0 Å². The van der Waals surface area contributed by atoms with E-state index < -0.39 is 0 Å². The van der Waals surface area contributed by atoms with Crippen LogP contribution in [0.4, 0.5) is 16.2 Å². The second-order valence-corrected chi connectivity index (χ2v) is 8.61. The van der Waals surface area contributed by atoms with Crippen molar-refractivity contribution < 1.29 is 9.59 Å². The zero-order chi connectivity index (χ0) is 23.0. The van der Waals surface area contributed by atoms with Gasteiger partial charge in [-0.25, -0.2) is 4.79 Å². The number of urea groups is 1. The highest BCUT2D eigenvalue weighted by atomic mass is 35.5. The van der Waals surface area contributed by atoms with E-state index in [1.807, 2.05) is 42.5 Å². The fourth-order valence-electron chi connectivity index (χ4n) is 3.87. The van der Waals surface area contributed by atoms with Crippen molar-refractivity contribution in [3.05, 3.63) is 95.0 Å². The van der Waals surface area contributed by atoms with Gasteiger partial charge in [-0.1, -0.05) is 41.9 Å². The summed E-state index contributed by atoms with van der Waals surface area (Å²) in [4.78, 5) is 27.2. The highest BCUT2D eigenvalue weighted by Crippen LogP contribution is 2.17. The van der Waals surface area contributed by atoms with Crippen molar-refractivity contribution in [2.75, 3.05) is 23.7 Å². The number of hydrogen-bond donors (Lipinski definition) is 3. The van der Waals surface area contributed by atoms with Crippen LogP contribution in [0.3, 0.4) is 0 Å². The standard InChI is InChI=1S/C26H27ClN4O2/c27-21-10-6-19(7-11-21)18-31-16-14-24(15-17-31)30-26(33)29-23-12-8-20(9-13-23)25(32)28-22-4-2-1-3-5-22/h1-13,24H,14-18H2,(H,28,32)(H2,29,30,33). The van der Waals surface area contributed by atoms with Crippen LogP contribution in [0.15, 0.2) is 78.9 Å². The Morgan fingerprint density at radius 2 is 1.45 bits per heavy atom. The van der Waals surface area contributed by atoms with E-state index in [9.17, 15) is 9.59 Å². The summed E-state index contributed by atoms with van der Waals surface area (Å²) in [6.45, 7) is 2.75. The molecule has 0 atom stereocenters. The van der Waals surface area contributed by atoms with Gasteiger partial charge in [0.15, 0.2) is 0 Å². The highest BCUT2D eigenvalue weighted by molar-refractivity contribution is 6.30. The van der Waals surface area contributed by atoms with Crippen LogP contribution in [0.5, 0.6) is 0 Å². The van der Waals surface area contributed by atoms with Crippen molar-refractivity contribution in [2.45, 2.75) is 25.4 Å². The minimum absolute atomic E-state index is 0.141.